The molecule has 0 radical (unpaired) electrons. The number of methoxy groups -OCH3 is 1. The van der Waals surface area contributed by atoms with Crippen LogP contribution in [0.15, 0.2) is 24.3 Å². The molecule has 0 bridgehead atoms. The Kier molecular flexibility index (Phi) is 6.06. The van der Waals surface area contributed by atoms with Crippen LogP contribution in [0, 0.1) is 6.92 Å². The molecule has 1 aromatic heterocycles. The van der Waals surface area contributed by atoms with E-state index in [0.29, 0.717) is 0 Å². The average molecular weight is 357 g/mol. The van der Waals surface area contributed by atoms with Gasteiger partial charge >= 0.3 is 0 Å². The zero-order valence-corrected chi connectivity index (χ0v) is 15.8. The van der Waals surface area contributed by atoms with Crippen molar-refractivity contribution in [2.45, 2.75) is 13.8 Å². The third kappa shape index (κ3) is 4.14. The van der Waals surface area contributed by atoms with Crippen LogP contribution in [-0.4, -0.2) is 73.7 Å². The van der Waals surface area contributed by atoms with E-state index in [2.05, 4.69) is 9.88 Å². The number of pyridine rings is 1. The number of carbonyl (C=O) groups excluding carboxylic acids is 1. The first-order chi connectivity index (χ1) is 12.6. The van der Waals surface area contributed by atoms with Gasteiger partial charge in [-0.05, 0) is 32.0 Å². The summed E-state index contributed by atoms with van der Waals surface area (Å²) in [4.78, 5) is 22.0. The maximum absolute atomic E-state index is 13.1. The van der Waals surface area contributed by atoms with E-state index in [-0.39, 0.29) is 5.91 Å². The van der Waals surface area contributed by atoms with Crippen molar-refractivity contribution in [1.82, 2.24) is 14.8 Å². The molecule has 6 heteroatoms. The molecular formula is C20H27N3O3. The zero-order chi connectivity index (χ0) is 18.5. The van der Waals surface area contributed by atoms with E-state index < -0.39 is 0 Å². The topological polar surface area (TPSA) is 54.9 Å². The van der Waals surface area contributed by atoms with Gasteiger partial charge in [0.05, 0.1) is 24.8 Å². The maximum Gasteiger partial charge on any atom is 0.254 e. The van der Waals surface area contributed by atoms with E-state index in [9.17, 15) is 4.79 Å². The Balaban J connectivity index is 1.74. The van der Waals surface area contributed by atoms with Crippen molar-refractivity contribution >= 4 is 16.8 Å². The first-order valence-electron chi connectivity index (χ1n) is 9.17. The van der Waals surface area contributed by atoms with Crippen LogP contribution in [0.25, 0.3) is 10.9 Å². The Morgan fingerprint density at radius 2 is 1.96 bits per heavy atom. The Morgan fingerprint density at radius 3 is 2.65 bits per heavy atom. The monoisotopic (exact) mass is 357 g/mol. The van der Waals surface area contributed by atoms with E-state index in [1.54, 1.807) is 7.11 Å². The second-order valence-electron chi connectivity index (χ2n) is 6.53. The summed E-state index contributed by atoms with van der Waals surface area (Å²) < 4.78 is 10.7. The minimum atomic E-state index is 0.0788. The molecule has 3 rings (SSSR count). The van der Waals surface area contributed by atoms with Crippen LogP contribution in [0.2, 0.25) is 0 Å². The largest absolute Gasteiger partial charge is 0.497 e. The minimum Gasteiger partial charge on any atom is -0.497 e. The Hall–Kier alpha value is -2.18. The molecule has 1 fully saturated rings. The minimum absolute atomic E-state index is 0.0788. The van der Waals surface area contributed by atoms with Crippen molar-refractivity contribution in [3.8, 4) is 5.75 Å². The van der Waals surface area contributed by atoms with Crippen LogP contribution in [-0.2, 0) is 4.74 Å². The molecule has 1 amide bonds. The number of ether oxygens (including phenoxy) is 2. The van der Waals surface area contributed by atoms with Crippen LogP contribution >= 0.6 is 0 Å². The van der Waals surface area contributed by atoms with Gasteiger partial charge in [0, 0.05) is 56.5 Å². The lowest BCUT2D eigenvalue weighted by Gasteiger charge is -2.34. The quantitative estimate of drug-likeness (QED) is 0.743. The molecule has 2 heterocycles. The lowest BCUT2D eigenvalue weighted by molar-refractivity contribution is 0.0566. The fourth-order valence-corrected chi connectivity index (χ4v) is 3.33. The van der Waals surface area contributed by atoms with E-state index in [1.807, 2.05) is 43.0 Å². The fourth-order valence-electron chi connectivity index (χ4n) is 3.33. The number of carbonyl (C=O) groups is 1. The summed E-state index contributed by atoms with van der Waals surface area (Å²) in [5.74, 6) is 0.826. The second-order valence-corrected chi connectivity index (χ2v) is 6.53. The lowest BCUT2D eigenvalue weighted by Crippen LogP contribution is -2.49. The van der Waals surface area contributed by atoms with E-state index in [4.69, 9.17) is 9.47 Å². The maximum atomic E-state index is 13.1. The summed E-state index contributed by atoms with van der Waals surface area (Å²) in [5, 5.41) is 0.875. The molecule has 1 aromatic carbocycles. The van der Waals surface area contributed by atoms with Gasteiger partial charge in [0.1, 0.15) is 5.75 Å². The standard InChI is InChI=1S/C20H27N3O3/c1-4-26-12-11-22-7-9-23(10-8-22)20(24)18-13-15(2)21-19-14-16(25-3)5-6-17(18)19/h5-6,13-14H,4,7-12H2,1-3H3. The Labute approximate surface area is 154 Å². The Bertz CT molecular complexity index is 770. The number of amides is 1. The molecule has 26 heavy (non-hydrogen) atoms. The van der Waals surface area contributed by atoms with Crippen LogP contribution in [0.1, 0.15) is 23.0 Å². The number of benzene rings is 1. The van der Waals surface area contributed by atoms with Gasteiger partial charge in [0.2, 0.25) is 0 Å². The zero-order valence-electron chi connectivity index (χ0n) is 15.8. The number of hydrogen-bond acceptors (Lipinski definition) is 5. The van der Waals surface area contributed by atoms with Crippen LogP contribution in [0.3, 0.4) is 0 Å². The SMILES string of the molecule is CCOCCN1CCN(C(=O)c2cc(C)nc3cc(OC)ccc23)CC1. The van der Waals surface area contributed by atoms with Crippen molar-refractivity contribution < 1.29 is 14.3 Å². The molecule has 6 nitrogen and oxygen atoms in total. The van der Waals surface area contributed by atoms with Crippen molar-refractivity contribution in [3.05, 3.63) is 35.5 Å². The van der Waals surface area contributed by atoms with Crippen molar-refractivity contribution in [1.29, 1.82) is 0 Å². The summed E-state index contributed by atoms with van der Waals surface area (Å²) in [5.41, 5.74) is 2.35. The van der Waals surface area contributed by atoms with Gasteiger partial charge in [-0.25, -0.2) is 0 Å². The molecule has 0 spiro atoms. The summed E-state index contributed by atoms with van der Waals surface area (Å²) in [6.45, 7) is 9.59. The molecule has 0 atom stereocenters. The van der Waals surface area contributed by atoms with Gasteiger partial charge in [-0.2, -0.15) is 0 Å². The van der Waals surface area contributed by atoms with Crippen molar-refractivity contribution in [3.63, 3.8) is 0 Å². The number of nitrogens with zero attached hydrogens (tertiary/aromatic N) is 3. The first kappa shape index (κ1) is 18.6. The third-order valence-electron chi connectivity index (χ3n) is 4.79. The highest BCUT2D eigenvalue weighted by molar-refractivity contribution is 6.06. The molecule has 140 valence electrons. The first-order valence-corrected chi connectivity index (χ1v) is 9.17. The number of fused-ring (bicyclic) bond motifs is 1. The highest BCUT2D eigenvalue weighted by Gasteiger charge is 2.23. The normalized spacial score (nSPS) is 15.4. The van der Waals surface area contributed by atoms with Crippen LogP contribution < -0.4 is 4.74 Å². The van der Waals surface area contributed by atoms with Gasteiger partial charge in [0.25, 0.3) is 5.91 Å². The molecule has 2 aromatic rings. The number of piperazine rings is 1. The fraction of sp³-hybridized carbons (Fsp3) is 0.500. The highest BCUT2D eigenvalue weighted by Crippen LogP contribution is 2.24. The number of hydrogen-bond donors (Lipinski definition) is 0. The second kappa shape index (κ2) is 8.47. The van der Waals surface area contributed by atoms with Gasteiger partial charge in [-0.1, -0.05) is 0 Å². The van der Waals surface area contributed by atoms with E-state index in [0.717, 1.165) is 73.8 Å². The van der Waals surface area contributed by atoms with Crippen molar-refractivity contribution in [2.75, 3.05) is 53.0 Å². The summed E-state index contributed by atoms with van der Waals surface area (Å²) in [7, 11) is 1.63. The molecule has 0 N–H and O–H groups in total. The molecular weight excluding hydrogens is 330 g/mol. The van der Waals surface area contributed by atoms with Crippen molar-refractivity contribution in [2.24, 2.45) is 0 Å². The lowest BCUT2D eigenvalue weighted by atomic mass is 10.1. The van der Waals surface area contributed by atoms with Crippen LogP contribution in [0.5, 0.6) is 5.75 Å². The molecule has 1 aliphatic heterocycles. The van der Waals surface area contributed by atoms with E-state index in [1.165, 1.54) is 0 Å². The molecule has 0 saturated carbocycles. The predicted octanol–water partition coefficient (Wildman–Crippen LogP) is 2.35. The predicted molar refractivity (Wildman–Crippen MR) is 102 cm³/mol. The summed E-state index contributed by atoms with van der Waals surface area (Å²) in [6, 6.07) is 7.57. The van der Waals surface area contributed by atoms with Gasteiger partial charge < -0.3 is 14.4 Å². The molecule has 0 aliphatic carbocycles. The van der Waals surface area contributed by atoms with Gasteiger partial charge in [-0.15, -0.1) is 0 Å². The average Bonchev–Trinajstić information content (AvgIpc) is 2.67. The molecule has 0 unspecified atom stereocenters. The third-order valence-corrected chi connectivity index (χ3v) is 4.79. The number of aryl methyl sites for hydroxylation is 1. The molecule has 1 saturated heterocycles. The van der Waals surface area contributed by atoms with Gasteiger partial charge in [-0.3, -0.25) is 14.7 Å². The Morgan fingerprint density at radius 1 is 1.19 bits per heavy atom. The number of rotatable bonds is 6. The van der Waals surface area contributed by atoms with E-state index >= 15 is 0 Å². The summed E-state index contributed by atoms with van der Waals surface area (Å²) >= 11 is 0. The highest BCUT2D eigenvalue weighted by atomic mass is 16.5. The number of aromatic nitrogens is 1. The van der Waals surface area contributed by atoms with Gasteiger partial charge in [0.15, 0.2) is 0 Å². The smallest absolute Gasteiger partial charge is 0.254 e. The summed E-state index contributed by atoms with van der Waals surface area (Å²) in [6.07, 6.45) is 0. The van der Waals surface area contributed by atoms with Crippen LogP contribution in [0.4, 0.5) is 0 Å². The molecule has 1 aliphatic rings.